The number of carbonyl (C=O) groups is 1. The number of phenols is 1. The molecule has 1 N–H and O–H groups in total. The molecule has 226 valence electrons. The van der Waals surface area contributed by atoms with Gasteiger partial charge in [0.2, 0.25) is 0 Å². The van der Waals surface area contributed by atoms with Crippen molar-refractivity contribution in [1.29, 1.82) is 0 Å². The van der Waals surface area contributed by atoms with Crippen LogP contribution in [0.15, 0.2) is 12.1 Å². The molecule has 4 heteroatoms. The van der Waals surface area contributed by atoms with E-state index in [1.165, 1.54) is 102 Å². The Kier molecular flexibility index (Phi) is 20.7. The summed E-state index contributed by atoms with van der Waals surface area (Å²) >= 11 is 1.83. The number of carbonyl (C=O) groups excluding carboxylic acids is 1. The molecular weight excluding hydrogens is 500 g/mol. The van der Waals surface area contributed by atoms with E-state index in [1.54, 1.807) is 0 Å². The van der Waals surface area contributed by atoms with Gasteiger partial charge < -0.3 is 9.84 Å². The van der Waals surface area contributed by atoms with Gasteiger partial charge in [0.05, 0.1) is 13.0 Å². The zero-order chi connectivity index (χ0) is 28.8. The molecule has 0 amide bonds. The molecule has 39 heavy (non-hydrogen) atoms. The van der Waals surface area contributed by atoms with Crippen LogP contribution in [0, 0.1) is 6.92 Å². The first-order chi connectivity index (χ1) is 18.8. The number of benzene rings is 1. The quantitative estimate of drug-likeness (QED) is 0.100. The molecule has 0 aliphatic carbocycles. The molecule has 0 aromatic heterocycles. The summed E-state index contributed by atoms with van der Waals surface area (Å²) in [5.74, 6) is 2.25. The minimum atomic E-state index is -0.0634. The zero-order valence-electron chi connectivity index (χ0n) is 26.4. The second-order valence-electron chi connectivity index (χ2n) is 12.5. The number of phenolic OH excluding ortho intramolecular Hbond substituents is 1. The minimum Gasteiger partial charge on any atom is -0.507 e. The molecular formula is C35H62O3S. The number of hydrogen-bond acceptors (Lipinski definition) is 4. The highest BCUT2D eigenvalue weighted by Crippen LogP contribution is 2.34. The van der Waals surface area contributed by atoms with Crippen molar-refractivity contribution in [1.82, 2.24) is 0 Å². The maximum atomic E-state index is 12.0. The summed E-state index contributed by atoms with van der Waals surface area (Å²) < 4.78 is 5.43. The Morgan fingerprint density at radius 1 is 0.769 bits per heavy atom. The van der Waals surface area contributed by atoms with Gasteiger partial charge in [-0.2, -0.15) is 11.8 Å². The summed E-state index contributed by atoms with van der Waals surface area (Å²) in [6.45, 7) is 11.3. The Hall–Kier alpha value is -1.16. The molecule has 0 spiro atoms. The third kappa shape index (κ3) is 18.7. The van der Waals surface area contributed by atoms with E-state index < -0.39 is 0 Å². The third-order valence-electron chi connectivity index (χ3n) is 7.63. The average molecular weight is 563 g/mol. The van der Waals surface area contributed by atoms with Crippen LogP contribution in [0.5, 0.6) is 5.75 Å². The van der Waals surface area contributed by atoms with Crippen molar-refractivity contribution >= 4 is 17.7 Å². The van der Waals surface area contributed by atoms with E-state index in [-0.39, 0.29) is 11.4 Å². The lowest BCUT2D eigenvalue weighted by molar-refractivity contribution is -0.143. The molecule has 1 rings (SSSR count). The molecule has 0 unspecified atom stereocenters. The standard InChI is InChI=1S/C35H62O3S/c1-6-7-8-9-10-11-12-13-14-15-16-17-18-19-20-21-25-38-33(36)24-27-39-26-22-23-31-28-30(2)34(37)32(29-31)35(3,4)5/h28-29,37H,6-27H2,1-5H3. The summed E-state index contributed by atoms with van der Waals surface area (Å²) in [5, 5.41) is 10.4. The SMILES string of the molecule is CCCCCCCCCCCCCCCCCCOC(=O)CCSCCCc1cc(C)c(O)c(C(C)(C)C)c1. The van der Waals surface area contributed by atoms with Gasteiger partial charge in [-0.1, -0.05) is 136 Å². The van der Waals surface area contributed by atoms with Gasteiger partial charge in [-0.25, -0.2) is 0 Å². The first-order valence-electron chi connectivity index (χ1n) is 16.3. The van der Waals surface area contributed by atoms with Crippen LogP contribution in [-0.4, -0.2) is 29.2 Å². The molecule has 0 atom stereocenters. The van der Waals surface area contributed by atoms with Crippen LogP contribution in [-0.2, 0) is 21.4 Å². The summed E-state index contributed by atoms with van der Waals surface area (Å²) in [4.78, 5) is 12.0. The Bertz CT molecular complexity index is 753. The Labute approximate surface area is 246 Å². The van der Waals surface area contributed by atoms with Crippen molar-refractivity contribution in [3.8, 4) is 5.75 Å². The lowest BCUT2D eigenvalue weighted by atomic mass is 9.84. The molecule has 0 aliphatic heterocycles. The lowest BCUT2D eigenvalue weighted by Crippen LogP contribution is -2.12. The maximum absolute atomic E-state index is 12.0. The molecule has 0 fully saturated rings. The van der Waals surface area contributed by atoms with Gasteiger partial charge in [0.15, 0.2) is 0 Å². The summed E-state index contributed by atoms with van der Waals surface area (Å²) in [6.07, 6.45) is 24.3. The topological polar surface area (TPSA) is 46.5 Å². The van der Waals surface area contributed by atoms with E-state index in [0.717, 1.165) is 41.9 Å². The van der Waals surface area contributed by atoms with Crippen molar-refractivity contribution in [2.75, 3.05) is 18.1 Å². The fourth-order valence-corrected chi connectivity index (χ4v) is 5.98. The monoisotopic (exact) mass is 562 g/mol. The molecule has 0 heterocycles. The molecule has 0 radical (unpaired) electrons. The van der Waals surface area contributed by atoms with E-state index in [9.17, 15) is 9.90 Å². The van der Waals surface area contributed by atoms with Crippen LogP contribution < -0.4 is 0 Å². The summed E-state index contributed by atoms with van der Waals surface area (Å²) in [6, 6.07) is 4.26. The summed E-state index contributed by atoms with van der Waals surface area (Å²) in [7, 11) is 0. The number of aromatic hydroxyl groups is 1. The van der Waals surface area contributed by atoms with Crippen LogP contribution in [0.1, 0.15) is 160 Å². The van der Waals surface area contributed by atoms with Gasteiger partial charge in [0.1, 0.15) is 5.75 Å². The average Bonchev–Trinajstić information content (AvgIpc) is 2.89. The predicted octanol–water partition coefficient (Wildman–Crippen LogP) is 10.9. The second kappa shape index (κ2) is 22.5. The smallest absolute Gasteiger partial charge is 0.306 e. The predicted molar refractivity (Wildman–Crippen MR) is 172 cm³/mol. The van der Waals surface area contributed by atoms with Crippen molar-refractivity contribution in [3.63, 3.8) is 0 Å². The summed E-state index contributed by atoms with van der Waals surface area (Å²) in [5.41, 5.74) is 3.20. The molecule has 0 saturated heterocycles. The van der Waals surface area contributed by atoms with Crippen molar-refractivity contribution in [3.05, 3.63) is 28.8 Å². The van der Waals surface area contributed by atoms with Gasteiger partial charge in [0.25, 0.3) is 0 Å². The highest BCUT2D eigenvalue weighted by molar-refractivity contribution is 7.99. The van der Waals surface area contributed by atoms with Crippen LogP contribution in [0.25, 0.3) is 0 Å². The fraction of sp³-hybridized carbons (Fsp3) is 0.800. The molecule has 0 bridgehead atoms. The van der Waals surface area contributed by atoms with Crippen LogP contribution in [0.3, 0.4) is 0 Å². The van der Waals surface area contributed by atoms with Crippen LogP contribution >= 0.6 is 11.8 Å². The molecule has 0 aliphatic rings. The maximum Gasteiger partial charge on any atom is 0.306 e. The van der Waals surface area contributed by atoms with Gasteiger partial charge in [-0.15, -0.1) is 0 Å². The van der Waals surface area contributed by atoms with Gasteiger partial charge in [0, 0.05) is 5.75 Å². The molecule has 3 nitrogen and oxygen atoms in total. The van der Waals surface area contributed by atoms with Gasteiger partial charge in [-0.3, -0.25) is 4.79 Å². The first-order valence-corrected chi connectivity index (χ1v) is 17.5. The number of thioether (sulfide) groups is 1. The second-order valence-corrected chi connectivity index (χ2v) is 13.8. The zero-order valence-corrected chi connectivity index (χ0v) is 27.2. The Morgan fingerprint density at radius 3 is 1.79 bits per heavy atom. The Balaban J connectivity index is 1.90. The van der Waals surface area contributed by atoms with E-state index in [4.69, 9.17) is 4.74 Å². The van der Waals surface area contributed by atoms with Crippen molar-refractivity contribution in [2.24, 2.45) is 0 Å². The van der Waals surface area contributed by atoms with E-state index >= 15 is 0 Å². The van der Waals surface area contributed by atoms with Crippen molar-refractivity contribution < 1.29 is 14.6 Å². The third-order valence-corrected chi connectivity index (χ3v) is 8.70. The number of aryl methyl sites for hydroxylation is 2. The molecule has 0 saturated carbocycles. The highest BCUT2D eigenvalue weighted by atomic mass is 32.2. The molecule has 1 aromatic carbocycles. The largest absolute Gasteiger partial charge is 0.507 e. The van der Waals surface area contributed by atoms with Gasteiger partial charge in [-0.05, 0) is 54.0 Å². The van der Waals surface area contributed by atoms with E-state index in [1.807, 2.05) is 18.7 Å². The first kappa shape index (κ1) is 35.9. The highest BCUT2D eigenvalue weighted by Gasteiger charge is 2.20. The number of rotatable bonds is 24. The number of esters is 1. The lowest BCUT2D eigenvalue weighted by Gasteiger charge is -2.22. The number of hydrogen-bond donors (Lipinski definition) is 1. The number of ether oxygens (including phenoxy) is 1. The fourth-order valence-electron chi connectivity index (χ4n) is 5.11. The van der Waals surface area contributed by atoms with Crippen LogP contribution in [0.4, 0.5) is 0 Å². The number of unbranched alkanes of at least 4 members (excludes halogenated alkanes) is 15. The van der Waals surface area contributed by atoms with Crippen LogP contribution in [0.2, 0.25) is 0 Å². The van der Waals surface area contributed by atoms with E-state index in [0.29, 0.717) is 18.8 Å². The Morgan fingerprint density at radius 2 is 1.28 bits per heavy atom. The van der Waals surface area contributed by atoms with E-state index in [2.05, 4.69) is 39.8 Å². The van der Waals surface area contributed by atoms with Crippen molar-refractivity contribution in [2.45, 2.75) is 162 Å². The van der Waals surface area contributed by atoms with Gasteiger partial charge >= 0.3 is 5.97 Å². The normalized spacial score (nSPS) is 11.7. The molecule has 1 aromatic rings. The minimum absolute atomic E-state index is 0.0487.